The standard InChI is InChI=1S/C10H12BrN5/c1-2-16-10(8(11)5-15-16)9(12)7-3-13-6-14-4-7/h3-6,9H,2,12H2,1H3. The quantitative estimate of drug-likeness (QED) is 0.926. The Morgan fingerprint density at radius 2 is 2.06 bits per heavy atom. The third-order valence-electron chi connectivity index (χ3n) is 2.37. The van der Waals surface area contributed by atoms with Crippen LogP contribution in [0, 0.1) is 0 Å². The molecule has 0 saturated carbocycles. The van der Waals surface area contributed by atoms with Gasteiger partial charge in [-0.15, -0.1) is 0 Å². The summed E-state index contributed by atoms with van der Waals surface area (Å²) >= 11 is 3.45. The second-order valence-corrected chi connectivity index (χ2v) is 4.20. The SMILES string of the molecule is CCn1ncc(Br)c1C(N)c1cncnc1. The van der Waals surface area contributed by atoms with E-state index in [1.54, 1.807) is 18.6 Å². The van der Waals surface area contributed by atoms with Crippen LogP contribution in [0.2, 0.25) is 0 Å². The van der Waals surface area contributed by atoms with Gasteiger partial charge < -0.3 is 5.73 Å². The van der Waals surface area contributed by atoms with Gasteiger partial charge in [-0.1, -0.05) is 0 Å². The van der Waals surface area contributed by atoms with E-state index in [0.717, 1.165) is 22.3 Å². The third kappa shape index (κ3) is 1.98. The van der Waals surface area contributed by atoms with Gasteiger partial charge >= 0.3 is 0 Å². The fourth-order valence-corrected chi connectivity index (χ4v) is 2.11. The van der Waals surface area contributed by atoms with Gasteiger partial charge in [0, 0.05) is 24.5 Å². The normalized spacial score (nSPS) is 12.7. The van der Waals surface area contributed by atoms with Crippen molar-refractivity contribution in [2.24, 2.45) is 5.73 Å². The minimum Gasteiger partial charge on any atom is -0.319 e. The summed E-state index contributed by atoms with van der Waals surface area (Å²) in [4.78, 5) is 7.93. The molecule has 1 unspecified atom stereocenters. The van der Waals surface area contributed by atoms with Crippen LogP contribution in [0.15, 0.2) is 29.4 Å². The Morgan fingerprint density at radius 3 is 2.69 bits per heavy atom. The molecule has 16 heavy (non-hydrogen) atoms. The molecule has 0 fully saturated rings. The summed E-state index contributed by atoms with van der Waals surface area (Å²) in [7, 11) is 0. The number of hydrogen-bond donors (Lipinski definition) is 1. The lowest BCUT2D eigenvalue weighted by Gasteiger charge is -2.13. The van der Waals surface area contributed by atoms with Crippen molar-refractivity contribution < 1.29 is 0 Å². The molecule has 2 aromatic rings. The topological polar surface area (TPSA) is 69.6 Å². The van der Waals surface area contributed by atoms with Crippen LogP contribution in [-0.2, 0) is 6.54 Å². The smallest absolute Gasteiger partial charge is 0.115 e. The highest BCUT2D eigenvalue weighted by Gasteiger charge is 2.17. The first-order chi connectivity index (χ1) is 7.74. The van der Waals surface area contributed by atoms with Crippen LogP contribution in [0.5, 0.6) is 0 Å². The Hall–Kier alpha value is -1.27. The molecule has 6 heteroatoms. The zero-order chi connectivity index (χ0) is 11.5. The maximum absolute atomic E-state index is 6.17. The van der Waals surface area contributed by atoms with E-state index in [2.05, 4.69) is 31.0 Å². The molecule has 0 spiro atoms. The molecule has 0 aromatic carbocycles. The molecule has 2 rings (SSSR count). The lowest BCUT2D eigenvalue weighted by molar-refractivity contribution is 0.598. The van der Waals surface area contributed by atoms with Gasteiger partial charge in [0.15, 0.2) is 0 Å². The van der Waals surface area contributed by atoms with E-state index < -0.39 is 0 Å². The van der Waals surface area contributed by atoms with Crippen molar-refractivity contribution in [2.75, 3.05) is 0 Å². The zero-order valence-corrected chi connectivity index (χ0v) is 10.4. The summed E-state index contributed by atoms with van der Waals surface area (Å²) in [6.45, 7) is 2.81. The van der Waals surface area contributed by atoms with Gasteiger partial charge in [0.25, 0.3) is 0 Å². The summed E-state index contributed by atoms with van der Waals surface area (Å²) in [5, 5.41) is 4.23. The minimum absolute atomic E-state index is 0.266. The molecule has 5 nitrogen and oxygen atoms in total. The number of hydrogen-bond acceptors (Lipinski definition) is 4. The van der Waals surface area contributed by atoms with Crippen molar-refractivity contribution in [1.29, 1.82) is 0 Å². The van der Waals surface area contributed by atoms with Crippen LogP contribution in [0.1, 0.15) is 24.2 Å². The zero-order valence-electron chi connectivity index (χ0n) is 8.84. The van der Waals surface area contributed by atoms with Crippen molar-refractivity contribution >= 4 is 15.9 Å². The Morgan fingerprint density at radius 1 is 1.38 bits per heavy atom. The first-order valence-electron chi connectivity index (χ1n) is 4.95. The van der Waals surface area contributed by atoms with Crippen LogP contribution in [0.25, 0.3) is 0 Å². The molecule has 0 saturated heterocycles. The van der Waals surface area contributed by atoms with E-state index in [1.165, 1.54) is 6.33 Å². The molecule has 0 aliphatic heterocycles. The van der Waals surface area contributed by atoms with E-state index >= 15 is 0 Å². The lowest BCUT2D eigenvalue weighted by Crippen LogP contribution is -2.18. The number of rotatable bonds is 3. The number of aryl methyl sites for hydroxylation is 1. The average molecular weight is 282 g/mol. The van der Waals surface area contributed by atoms with Crippen LogP contribution in [0.4, 0.5) is 0 Å². The second kappa shape index (κ2) is 4.71. The Balaban J connectivity index is 2.41. The van der Waals surface area contributed by atoms with Crippen LogP contribution in [0.3, 0.4) is 0 Å². The summed E-state index contributed by atoms with van der Waals surface area (Å²) in [5.41, 5.74) is 7.98. The molecular weight excluding hydrogens is 270 g/mol. The van der Waals surface area contributed by atoms with E-state index in [0.29, 0.717) is 0 Å². The summed E-state index contributed by atoms with van der Waals surface area (Å²) in [6.07, 6.45) is 6.68. The highest BCUT2D eigenvalue weighted by atomic mass is 79.9. The van der Waals surface area contributed by atoms with Gasteiger partial charge in [0.05, 0.1) is 22.4 Å². The first kappa shape index (κ1) is 11.2. The van der Waals surface area contributed by atoms with Gasteiger partial charge in [0.1, 0.15) is 6.33 Å². The first-order valence-corrected chi connectivity index (χ1v) is 5.75. The largest absolute Gasteiger partial charge is 0.319 e. The van der Waals surface area contributed by atoms with Crippen molar-refractivity contribution in [3.05, 3.63) is 40.6 Å². The predicted octanol–water partition coefficient (Wildman–Crippen LogP) is 1.50. The second-order valence-electron chi connectivity index (χ2n) is 3.34. The van der Waals surface area contributed by atoms with Crippen molar-refractivity contribution in [3.63, 3.8) is 0 Å². The number of aromatic nitrogens is 4. The maximum Gasteiger partial charge on any atom is 0.115 e. The van der Waals surface area contributed by atoms with Gasteiger partial charge in [0.2, 0.25) is 0 Å². The van der Waals surface area contributed by atoms with Crippen molar-refractivity contribution in [1.82, 2.24) is 19.7 Å². The fraction of sp³-hybridized carbons (Fsp3) is 0.300. The molecule has 0 bridgehead atoms. The predicted molar refractivity (Wildman–Crippen MR) is 63.7 cm³/mol. The van der Waals surface area contributed by atoms with Gasteiger partial charge in [-0.2, -0.15) is 5.10 Å². The summed E-state index contributed by atoms with van der Waals surface area (Å²) < 4.78 is 2.77. The molecule has 2 heterocycles. The molecule has 2 N–H and O–H groups in total. The summed E-state index contributed by atoms with van der Waals surface area (Å²) in [5.74, 6) is 0. The van der Waals surface area contributed by atoms with Crippen LogP contribution < -0.4 is 5.73 Å². The number of halogens is 1. The van der Waals surface area contributed by atoms with E-state index in [9.17, 15) is 0 Å². The molecule has 84 valence electrons. The van der Waals surface area contributed by atoms with Gasteiger partial charge in [-0.25, -0.2) is 9.97 Å². The Labute approximate surface area is 102 Å². The molecule has 0 aliphatic rings. The number of nitrogens with zero attached hydrogens (tertiary/aromatic N) is 4. The van der Waals surface area contributed by atoms with Crippen LogP contribution in [-0.4, -0.2) is 19.7 Å². The molecular formula is C10H12BrN5. The van der Waals surface area contributed by atoms with E-state index in [-0.39, 0.29) is 6.04 Å². The van der Waals surface area contributed by atoms with Gasteiger partial charge in [-0.05, 0) is 22.9 Å². The highest BCUT2D eigenvalue weighted by Crippen LogP contribution is 2.25. The number of nitrogens with two attached hydrogens (primary N) is 1. The van der Waals surface area contributed by atoms with Crippen molar-refractivity contribution in [3.8, 4) is 0 Å². The van der Waals surface area contributed by atoms with Crippen LogP contribution >= 0.6 is 15.9 Å². The monoisotopic (exact) mass is 281 g/mol. The van der Waals surface area contributed by atoms with E-state index in [4.69, 9.17) is 5.73 Å². The molecule has 1 atom stereocenters. The van der Waals surface area contributed by atoms with Gasteiger partial charge in [-0.3, -0.25) is 4.68 Å². The Bertz CT molecular complexity index is 467. The average Bonchev–Trinajstić information content (AvgIpc) is 2.70. The third-order valence-corrected chi connectivity index (χ3v) is 2.98. The minimum atomic E-state index is -0.266. The molecule has 0 aliphatic carbocycles. The lowest BCUT2D eigenvalue weighted by atomic mass is 10.1. The van der Waals surface area contributed by atoms with E-state index in [1.807, 2.05) is 11.6 Å². The Kier molecular flexibility index (Phi) is 3.31. The molecule has 2 aromatic heterocycles. The fourth-order valence-electron chi connectivity index (χ4n) is 1.56. The maximum atomic E-state index is 6.17. The summed E-state index contributed by atoms with van der Waals surface area (Å²) in [6, 6.07) is -0.266. The van der Waals surface area contributed by atoms with Crippen molar-refractivity contribution in [2.45, 2.75) is 19.5 Å². The molecule has 0 amide bonds. The highest BCUT2D eigenvalue weighted by molar-refractivity contribution is 9.10. The molecule has 0 radical (unpaired) electrons.